The molecule has 1 aromatic heterocycles. The standard InChI is InChI=1S/C18H15NO3/c20-18(21)11-10-17-19-12-16(22-17)15-8-6-14(7-9-15)13-4-2-1-3-5-13/h1-9,12H,10-11H2,(H,20,21). The third-order valence-electron chi connectivity index (χ3n) is 3.38. The van der Waals surface area contributed by atoms with Gasteiger partial charge in [0.05, 0.1) is 12.6 Å². The Morgan fingerprint density at radius 1 is 0.955 bits per heavy atom. The molecule has 0 bridgehead atoms. The van der Waals surface area contributed by atoms with Gasteiger partial charge < -0.3 is 9.52 Å². The van der Waals surface area contributed by atoms with Gasteiger partial charge in [0.1, 0.15) is 0 Å². The lowest BCUT2D eigenvalue weighted by Gasteiger charge is -2.02. The number of carboxylic acid groups (broad SMARTS) is 1. The van der Waals surface area contributed by atoms with Crippen molar-refractivity contribution in [2.45, 2.75) is 12.8 Å². The first kappa shape index (κ1) is 14.1. The van der Waals surface area contributed by atoms with Gasteiger partial charge in [0.25, 0.3) is 0 Å². The van der Waals surface area contributed by atoms with Gasteiger partial charge in [-0.1, -0.05) is 54.6 Å². The minimum absolute atomic E-state index is 0.0207. The van der Waals surface area contributed by atoms with Gasteiger partial charge in [-0.2, -0.15) is 0 Å². The lowest BCUT2D eigenvalue weighted by molar-refractivity contribution is -0.137. The molecule has 3 aromatic rings. The predicted molar refractivity (Wildman–Crippen MR) is 83.3 cm³/mol. The highest BCUT2D eigenvalue weighted by atomic mass is 16.4. The summed E-state index contributed by atoms with van der Waals surface area (Å²) in [6, 6.07) is 18.1. The highest BCUT2D eigenvalue weighted by Crippen LogP contribution is 2.25. The minimum Gasteiger partial charge on any atom is -0.481 e. The van der Waals surface area contributed by atoms with E-state index in [0.717, 1.165) is 16.7 Å². The maximum Gasteiger partial charge on any atom is 0.303 e. The average Bonchev–Trinajstić information content (AvgIpc) is 3.03. The normalized spacial score (nSPS) is 10.5. The summed E-state index contributed by atoms with van der Waals surface area (Å²) in [4.78, 5) is 14.7. The van der Waals surface area contributed by atoms with Crippen molar-refractivity contribution < 1.29 is 14.3 Å². The zero-order chi connectivity index (χ0) is 15.4. The first-order valence-corrected chi connectivity index (χ1v) is 7.05. The van der Waals surface area contributed by atoms with Gasteiger partial charge in [-0.3, -0.25) is 4.79 Å². The Bertz CT molecular complexity index is 761. The number of benzene rings is 2. The zero-order valence-corrected chi connectivity index (χ0v) is 11.9. The van der Waals surface area contributed by atoms with E-state index in [-0.39, 0.29) is 6.42 Å². The van der Waals surface area contributed by atoms with E-state index in [9.17, 15) is 4.79 Å². The topological polar surface area (TPSA) is 63.3 Å². The van der Waals surface area contributed by atoms with E-state index >= 15 is 0 Å². The lowest BCUT2D eigenvalue weighted by Crippen LogP contribution is -1.97. The minimum atomic E-state index is -0.855. The molecule has 0 saturated carbocycles. The molecular weight excluding hydrogens is 278 g/mol. The Kier molecular flexibility index (Phi) is 4.01. The lowest BCUT2D eigenvalue weighted by atomic mass is 10.0. The Hall–Kier alpha value is -2.88. The van der Waals surface area contributed by atoms with Crippen LogP contribution in [0.3, 0.4) is 0 Å². The van der Waals surface area contributed by atoms with Crippen LogP contribution in [0.1, 0.15) is 12.3 Å². The molecule has 3 rings (SSSR count). The molecule has 4 nitrogen and oxygen atoms in total. The first-order chi connectivity index (χ1) is 10.7. The summed E-state index contributed by atoms with van der Waals surface area (Å²) in [6.45, 7) is 0. The van der Waals surface area contributed by atoms with Crippen molar-refractivity contribution in [3.63, 3.8) is 0 Å². The number of hydrogen-bond donors (Lipinski definition) is 1. The monoisotopic (exact) mass is 293 g/mol. The smallest absolute Gasteiger partial charge is 0.303 e. The number of rotatable bonds is 5. The van der Waals surface area contributed by atoms with E-state index in [1.54, 1.807) is 6.20 Å². The Morgan fingerprint density at radius 2 is 1.59 bits per heavy atom. The molecule has 0 amide bonds. The van der Waals surface area contributed by atoms with Gasteiger partial charge in [0, 0.05) is 12.0 Å². The number of oxazole rings is 1. The van der Waals surface area contributed by atoms with Crippen LogP contribution in [0.5, 0.6) is 0 Å². The first-order valence-electron chi connectivity index (χ1n) is 7.05. The number of nitrogens with zero attached hydrogens (tertiary/aromatic N) is 1. The van der Waals surface area contributed by atoms with Crippen LogP contribution in [-0.4, -0.2) is 16.1 Å². The number of hydrogen-bond acceptors (Lipinski definition) is 3. The van der Waals surface area contributed by atoms with Gasteiger partial charge in [-0.15, -0.1) is 0 Å². The molecule has 2 aromatic carbocycles. The molecule has 0 aliphatic heterocycles. The second-order valence-corrected chi connectivity index (χ2v) is 4.96. The van der Waals surface area contributed by atoms with E-state index in [1.165, 1.54) is 0 Å². The molecule has 0 fully saturated rings. The van der Waals surface area contributed by atoms with Crippen LogP contribution in [0.4, 0.5) is 0 Å². The van der Waals surface area contributed by atoms with Crippen molar-refractivity contribution in [1.82, 2.24) is 4.98 Å². The largest absolute Gasteiger partial charge is 0.481 e. The van der Waals surface area contributed by atoms with Crippen molar-refractivity contribution in [3.8, 4) is 22.5 Å². The third-order valence-corrected chi connectivity index (χ3v) is 3.38. The molecule has 0 aliphatic rings. The second-order valence-electron chi connectivity index (χ2n) is 4.96. The highest BCUT2D eigenvalue weighted by molar-refractivity contribution is 5.68. The number of aromatic nitrogens is 1. The van der Waals surface area contributed by atoms with E-state index in [2.05, 4.69) is 17.1 Å². The molecule has 110 valence electrons. The van der Waals surface area contributed by atoms with Crippen molar-refractivity contribution in [3.05, 3.63) is 66.7 Å². The summed E-state index contributed by atoms with van der Waals surface area (Å²) in [6.07, 6.45) is 1.96. The molecule has 0 aliphatic carbocycles. The van der Waals surface area contributed by atoms with Crippen LogP contribution in [0, 0.1) is 0 Å². The van der Waals surface area contributed by atoms with Gasteiger partial charge in [-0.25, -0.2) is 4.98 Å². The number of aryl methyl sites for hydroxylation is 1. The molecule has 22 heavy (non-hydrogen) atoms. The summed E-state index contributed by atoms with van der Waals surface area (Å²) in [5.74, 6) is 0.247. The third kappa shape index (κ3) is 3.23. The Morgan fingerprint density at radius 3 is 2.27 bits per heavy atom. The molecule has 0 spiro atoms. The molecule has 0 radical (unpaired) electrons. The molecule has 1 heterocycles. The second kappa shape index (κ2) is 6.26. The van der Waals surface area contributed by atoms with Crippen LogP contribution in [-0.2, 0) is 11.2 Å². The summed E-state index contributed by atoms with van der Waals surface area (Å²) in [7, 11) is 0. The van der Waals surface area contributed by atoms with Crippen molar-refractivity contribution >= 4 is 5.97 Å². The number of carboxylic acids is 1. The highest BCUT2D eigenvalue weighted by Gasteiger charge is 2.08. The fourth-order valence-electron chi connectivity index (χ4n) is 2.23. The van der Waals surface area contributed by atoms with Gasteiger partial charge in [-0.05, 0) is 11.1 Å². The van der Waals surface area contributed by atoms with Crippen LogP contribution >= 0.6 is 0 Å². The van der Waals surface area contributed by atoms with E-state index in [0.29, 0.717) is 18.1 Å². The molecule has 4 heteroatoms. The van der Waals surface area contributed by atoms with Crippen molar-refractivity contribution in [1.29, 1.82) is 0 Å². The quantitative estimate of drug-likeness (QED) is 0.771. The van der Waals surface area contributed by atoms with E-state index in [1.807, 2.05) is 42.5 Å². The number of carbonyl (C=O) groups is 1. The zero-order valence-electron chi connectivity index (χ0n) is 11.9. The summed E-state index contributed by atoms with van der Waals surface area (Å²) in [5.41, 5.74) is 3.22. The SMILES string of the molecule is O=C(O)CCc1ncc(-c2ccc(-c3ccccc3)cc2)o1. The predicted octanol–water partition coefficient (Wildman–Crippen LogP) is 4.03. The van der Waals surface area contributed by atoms with Crippen LogP contribution < -0.4 is 0 Å². The van der Waals surface area contributed by atoms with Crippen molar-refractivity contribution in [2.75, 3.05) is 0 Å². The van der Waals surface area contributed by atoms with E-state index < -0.39 is 5.97 Å². The van der Waals surface area contributed by atoms with E-state index in [4.69, 9.17) is 9.52 Å². The van der Waals surface area contributed by atoms with Gasteiger partial charge in [0.15, 0.2) is 11.7 Å². The van der Waals surface area contributed by atoms with Crippen LogP contribution in [0.2, 0.25) is 0 Å². The number of aliphatic carboxylic acids is 1. The van der Waals surface area contributed by atoms with Crippen LogP contribution in [0.25, 0.3) is 22.5 Å². The maximum absolute atomic E-state index is 10.6. The summed E-state index contributed by atoms with van der Waals surface area (Å²) < 4.78 is 5.59. The van der Waals surface area contributed by atoms with Crippen LogP contribution in [0.15, 0.2) is 65.2 Å². The molecule has 1 N–H and O–H groups in total. The fraction of sp³-hybridized carbons (Fsp3) is 0.111. The Balaban J connectivity index is 1.77. The summed E-state index contributed by atoms with van der Waals surface area (Å²) in [5, 5.41) is 8.67. The maximum atomic E-state index is 10.6. The molecular formula is C18H15NO3. The molecule has 0 atom stereocenters. The summed E-state index contributed by atoms with van der Waals surface area (Å²) >= 11 is 0. The average molecular weight is 293 g/mol. The van der Waals surface area contributed by atoms with Gasteiger partial charge >= 0.3 is 5.97 Å². The van der Waals surface area contributed by atoms with Crippen molar-refractivity contribution in [2.24, 2.45) is 0 Å². The van der Waals surface area contributed by atoms with Gasteiger partial charge in [0.2, 0.25) is 0 Å². The fourth-order valence-corrected chi connectivity index (χ4v) is 2.23. The molecule has 0 unspecified atom stereocenters. The Labute approximate surface area is 128 Å². The molecule has 0 saturated heterocycles.